The van der Waals surface area contributed by atoms with Crippen molar-refractivity contribution in [3.63, 3.8) is 0 Å². The summed E-state index contributed by atoms with van der Waals surface area (Å²) in [5, 5.41) is 10.0. The van der Waals surface area contributed by atoms with Crippen LogP contribution in [0.15, 0.2) is 0 Å². The molecule has 0 rings (SSSR count). The predicted octanol–water partition coefficient (Wildman–Crippen LogP) is -0.651. The van der Waals surface area contributed by atoms with Crippen LogP contribution in [0.4, 0.5) is 0 Å². The van der Waals surface area contributed by atoms with E-state index in [1.165, 1.54) is 6.92 Å². The van der Waals surface area contributed by atoms with Crippen molar-refractivity contribution in [3.8, 4) is 0 Å². The fraction of sp³-hybridized carbons (Fsp3) is 0.667. The summed E-state index contributed by atoms with van der Waals surface area (Å²) in [5.41, 5.74) is 0. The van der Waals surface area contributed by atoms with Gasteiger partial charge in [-0.1, -0.05) is 6.92 Å². The van der Waals surface area contributed by atoms with Crippen LogP contribution in [0, 0.1) is 5.92 Å². The molecule has 4 heteroatoms. The van der Waals surface area contributed by atoms with Crippen LogP contribution >= 0.6 is 0 Å². The summed E-state index contributed by atoms with van der Waals surface area (Å²) in [5.74, 6) is -2.52. The second-order valence-corrected chi connectivity index (χ2v) is 1.89. The van der Waals surface area contributed by atoms with Gasteiger partial charge in [-0.2, -0.15) is 0 Å². The van der Waals surface area contributed by atoms with E-state index in [0.717, 1.165) is 0 Å². The van der Waals surface area contributed by atoms with Crippen molar-refractivity contribution < 1.29 is 37.1 Å². The van der Waals surface area contributed by atoms with E-state index in [1.807, 2.05) is 0 Å². The summed E-state index contributed by atoms with van der Waals surface area (Å²) < 4.78 is 0. The molecule has 0 spiro atoms. The van der Waals surface area contributed by atoms with Gasteiger partial charge in [-0.25, -0.2) is 0 Å². The van der Waals surface area contributed by atoms with Crippen molar-refractivity contribution in [2.24, 2.45) is 5.92 Å². The Labute approximate surface area is 75.3 Å². The minimum absolute atomic E-state index is 0. The zero-order valence-electron chi connectivity index (χ0n) is 5.81. The molecule has 0 aromatic rings. The molecule has 0 bridgehead atoms. The Morgan fingerprint density at radius 2 is 1.90 bits per heavy atom. The first-order valence-corrected chi connectivity index (χ1v) is 2.81. The Hall–Kier alpha value is -0.120. The topological polar surface area (TPSA) is 57.2 Å². The van der Waals surface area contributed by atoms with Crippen LogP contribution in [0.1, 0.15) is 20.3 Å². The summed E-state index contributed by atoms with van der Waals surface area (Å²) in [6.07, 6.45) is 0.317. The van der Waals surface area contributed by atoms with Crippen LogP contribution < -0.4 is 5.11 Å². The molecule has 0 aromatic heterocycles. The first-order valence-electron chi connectivity index (χ1n) is 2.81. The van der Waals surface area contributed by atoms with Crippen LogP contribution in [0.3, 0.4) is 0 Å². The molecule has 0 N–H and O–H groups in total. The molecule has 0 fully saturated rings. The molecule has 10 heavy (non-hydrogen) atoms. The number of rotatable bonds is 3. The average Bonchev–Trinajstić information content (AvgIpc) is 1.64. The fourth-order valence-electron chi connectivity index (χ4n) is 0.620. The van der Waals surface area contributed by atoms with Gasteiger partial charge in [-0.3, -0.25) is 4.79 Å². The van der Waals surface area contributed by atoms with Crippen LogP contribution in [0.25, 0.3) is 0 Å². The van der Waals surface area contributed by atoms with Crippen LogP contribution in [0.2, 0.25) is 0 Å². The van der Waals surface area contributed by atoms with Crippen molar-refractivity contribution in [2.75, 3.05) is 0 Å². The van der Waals surface area contributed by atoms with Gasteiger partial charge in [0.1, 0.15) is 5.78 Å². The quantitative estimate of drug-likeness (QED) is 0.484. The van der Waals surface area contributed by atoms with Gasteiger partial charge in [0.05, 0.1) is 11.9 Å². The van der Waals surface area contributed by atoms with Crippen LogP contribution in [0.5, 0.6) is 0 Å². The Morgan fingerprint density at radius 3 is 1.90 bits per heavy atom. The summed E-state index contributed by atoms with van der Waals surface area (Å²) in [4.78, 5) is 20.4. The van der Waals surface area contributed by atoms with Crippen LogP contribution in [-0.2, 0) is 32.0 Å². The van der Waals surface area contributed by atoms with Gasteiger partial charge in [0.25, 0.3) is 0 Å². The number of Topliss-reactive ketones (excluding diaryl/α,β-unsaturated/α-hetero) is 1. The molecule has 0 amide bonds. The molecule has 3 nitrogen and oxygen atoms in total. The molecule has 0 saturated carbocycles. The molecule has 1 atom stereocenters. The Balaban J connectivity index is 0. The van der Waals surface area contributed by atoms with Crippen molar-refractivity contribution in [1.29, 1.82) is 0 Å². The molecule has 0 aliphatic heterocycles. The van der Waals surface area contributed by atoms with Gasteiger partial charge in [0, 0.05) is 0 Å². The van der Waals surface area contributed by atoms with E-state index in [0.29, 0.717) is 6.42 Å². The molecule has 0 aliphatic carbocycles. The second-order valence-electron chi connectivity index (χ2n) is 1.89. The molecule has 0 heterocycles. The van der Waals surface area contributed by atoms with Gasteiger partial charge in [0.2, 0.25) is 0 Å². The summed E-state index contributed by atoms with van der Waals surface area (Å²) >= 11 is 0. The van der Waals surface area contributed by atoms with E-state index < -0.39 is 11.9 Å². The number of carbonyl (C=O) groups excluding carboxylic acids is 2. The maximum absolute atomic E-state index is 10.4. The minimum Gasteiger partial charge on any atom is -0.549 e. The standard InChI is InChI=1S/C6H10O3.Ag/c1-3-5(4(2)7)6(8)9;/h5H,3H2,1-2H3,(H,8,9);/q;+1/p-1. The van der Waals surface area contributed by atoms with Gasteiger partial charge in [-0.15, -0.1) is 0 Å². The van der Waals surface area contributed by atoms with Gasteiger partial charge >= 0.3 is 22.4 Å². The Kier molecular flexibility index (Phi) is 7.09. The number of hydrogen-bond donors (Lipinski definition) is 0. The summed E-state index contributed by atoms with van der Waals surface area (Å²) in [6, 6.07) is 0. The normalized spacial score (nSPS) is 11.4. The molecule has 0 aromatic carbocycles. The van der Waals surface area contributed by atoms with E-state index in [1.54, 1.807) is 6.92 Å². The number of carbonyl (C=O) groups is 2. The zero-order valence-corrected chi connectivity index (χ0v) is 7.29. The molecular weight excluding hydrogens is 228 g/mol. The maximum Gasteiger partial charge on any atom is 1.00 e. The summed E-state index contributed by atoms with van der Waals surface area (Å²) in [6.45, 7) is 2.89. The summed E-state index contributed by atoms with van der Waals surface area (Å²) in [7, 11) is 0. The molecule has 0 saturated heterocycles. The van der Waals surface area contributed by atoms with Gasteiger partial charge in [-0.05, 0) is 13.3 Å². The zero-order chi connectivity index (χ0) is 7.44. The Morgan fingerprint density at radius 1 is 1.50 bits per heavy atom. The number of ketones is 1. The third-order valence-electron chi connectivity index (χ3n) is 1.18. The SMILES string of the molecule is CCC(C(C)=O)C(=O)[O-].[Ag+]. The van der Waals surface area contributed by atoms with E-state index in [4.69, 9.17) is 0 Å². The average molecular weight is 237 g/mol. The van der Waals surface area contributed by atoms with E-state index in [9.17, 15) is 14.7 Å². The van der Waals surface area contributed by atoms with Crippen molar-refractivity contribution in [2.45, 2.75) is 20.3 Å². The number of hydrogen-bond acceptors (Lipinski definition) is 3. The van der Waals surface area contributed by atoms with Gasteiger partial charge in [0.15, 0.2) is 0 Å². The molecule has 62 valence electrons. The van der Waals surface area contributed by atoms with Crippen molar-refractivity contribution >= 4 is 11.8 Å². The number of carboxylic acids is 1. The predicted molar refractivity (Wildman–Crippen MR) is 29.5 cm³/mol. The largest absolute Gasteiger partial charge is 1.00 e. The first-order chi connectivity index (χ1) is 4.09. The molecular formula is C6H9AgO3. The number of aliphatic carboxylic acids is 1. The van der Waals surface area contributed by atoms with Gasteiger partial charge < -0.3 is 9.90 Å². The minimum atomic E-state index is -1.27. The first kappa shape index (κ1) is 12.5. The monoisotopic (exact) mass is 236 g/mol. The van der Waals surface area contributed by atoms with E-state index in [2.05, 4.69) is 0 Å². The molecule has 0 radical (unpaired) electrons. The fourth-order valence-corrected chi connectivity index (χ4v) is 0.620. The van der Waals surface area contributed by atoms with E-state index in [-0.39, 0.29) is 28.2 Å². The Bertz CT molecular complexity index is 119. The van der Waals surface area contributed by atoms with Crippen molar-refractivity contribution in [1.82, 2.24) is 0 Å². The third-order valence-corrected chi connectivity index (χ3v) is 1.18. The molecule has 0 aliphatic rings. The van der Waals surface area contributed by atoms with E-state index >= 15 is 0 Å². The number of carboxylic acid groups (broad SMARTS) is 1. The maximum atomic E-state index is 10.4. The third kappa shape index (κ3) is 3.82. The van der Waals surface area contributed by atoms with Crippen molar-refractivity contribution in [3.05, 3.63) is 0 Å². The second kappa shape index (κ2) is 5.65. The molecule has 1 unspecified atom stereocenters. The van der Waals surface area contributed by atoms with Crippen LogP contribution in [-0.4, -0.2) is 11.8 Å². The smallest absolute Gasteiger partial charge is 0.549 e.